The van der Waals surface area contributed by atoms with Crippen molar-refractivity contribution in [3.05, 3.63) is 47.0 Å². The van der Waals surface area contributed by atoms with E-state index in [2.05, 4.69) is 10.5 Å². The Balaban J connectivity index is 1.65. The lowest BCUT2D eigenvalue weighted by atomic mass is 10.2. The van der Waals surface area contributed by atoms with Gasteiger partial charge in [0.15, 0.2) is 23.0 Å². The Kier molecular flexibility index (Phi) is 4.95. The summed E-state index contributed by atoms with van der Waals surface area (Å²) < 4.78 is 16.1. The number of hydrogen-bond acceptors (Lipinski definition) is 6. The van der Waals surface area contributed by atoms with Crippen molar-refractivity contribution in [1.82, 2.24) is 5.43 Å². The number of benzene rings is 2. The van der Waals surface area contributed by atoms with Crippen LogP contribution in [0.25, 0.3) is 0 Å². The molecule has 1 atom stereocenters. The number of aromatic hydroxyl groups is 1. The average molecular weight is 363 g/mol. The van der Waals surface area contributed by atoms with Crippen LogP contribution in [0.3, 0.4) is 0 Å². The summed E-state index contributed by atoms with van der Waals surface area (Å²) in [6.07, 6.45) is 0.439. The van der Waals surface area contributed by atoms with E-state index >= 15 is 0 Å². The average Bonchev–Trinajstić information content (AvgIpc) is 2.63. The van der Waals surface area contributed by atoms with E-state index in [4.69, 9.17) is 25.8 Å². The fourth-order valence-corrected chi connectivity index (χ4v) is 2.45. The number of phenolic OH excluding ortho intramolecular Hbond substituents is 1. The van der Waals surface area contributed by atoms with Crippen molar-refractivity contribution in [1.29, 1.82) is 0 Å². The number of para-hydroxylation sites is 2. The van der Waals surface area contributed by atoms with Crippen LogP contribution in [0.4, 0.5) is 0 Å². The summed E-state index contributed by atoms with van der Waals surface area (Å²) in [5, 5.41) is 14.2. The molecular weight excluding hydrogens is 348 g/mol. The van der Waals surface area contributed by atoms with Crippen molar-refractivity contribution in [3.8, 4) is 23.0 Å². The molecule has 7 nitrogen and oxygen atoms in total. The van der Waals surface area contributed by atoms with Crippen molar-refractivity contribution in [2.24, 2.45) is 5.10 Å². The summed E-state index contributed by atoms with van der Waals surface area (Å²) in [6, 6.07) is 10.0. The molecule has 1 unspecified atom stereocenters. The van der Waals surface area contributed by atoms with Gasteiger partial charge in [0, 0.05) is 16.7 Å². The molecule has 25 heavy (non-hydrogen) atoms. The molecule has 0 saturated carbocycles. The first-order chi connectivity index (χ1) is 12.1. The van der Waals surface area contributed by atoms with Crippen molar-refractivity contribution in [3.63, 3.8) is 0 Å². The Hall–Kier alpha value is -2.93. The van der Waals surface area contributed by atoms with Crippen LogP contribution in [-0.4, -0.2) is 37.0 Å². The van der Waals surface area contributed by atoms with Crippen LogP contribution in [0.15, 0.2) is 41.5 Å². The molecule has 1 aliphatic rings. The third kappa shape index (κ3) is 3.77. The number of fused-ring (bicyclic) bond motifs is 1. The lowest BCUT2D eigenvalue weighted by molar-refractivity contribution is -0.130. The van der Waals surface area contributed by atoms with Gasteiger partial charge in [-0.1, -0.05) is 23.7 Å². The molecule has 0 aromatic heterocycles. The van der Waals surface area contributed by atoms with Gasteiger partial charge in [0.2, 0.25) is 6.10 Å². The molecule has 1 heterocycles. The number of hydrazone groups is 1. The van der Waals surface area contributed by atoms with E-state index in [0.29, 0.717) is 22.1 Å². The maximum atomic E-state index is 12.1. The number of methoxy groups -OCH3 is 1. The van der Waals surface area contributed by atoms with Crippen LogP contribution in [-0.2, 0) is 4.79 Å². The maximum absolute atomic E-state index is 12.1. The molecule has 0 radical (unpaired) electrons. The number of amides is 1. The second-order valence-electron chi connectivity index (χ2n) is 5.14. The number of ether oxygens (including phenoxy) is 3. The van der Waals surface area contributed by atoms with Crippen LogP contribution in [0.2, 0.25) is 5.02 Å². The van der Waals surface area contributed by atoms with Crippen LogP contribution >= 0.6 is 11.6 Å². The van der Waals surface area contributed by atoms with Crippen molar-refractivity contribution in [2.45, 2.75) is 6.10 Å². The molecule has 2 aromatic carbocycles. The van der Waals surface area contributed by atoms with Gasteiger partial charge >= 0.3 is 0 Å². The highest BCUT2D eigenvalue weighted by Gasteiger charge is 2.27. The molecule has 130 valence electrons. The van der Waals surface area contributed by atoms with E-state index in [9.17, 15) is 9.90 Å². The number of hydrogen-bond donors (Lipinski definition) is 2. The fraction of sp³-hybridized carbons (Fsp3) is 0.176. The number of phenols is 1. The van der Waals surface area contributed by atoms with Gasteiger partial charge in [0.05, 0.1) is 13.3 Å². The largest absolute Gasteiger partial charge is 0.504 e. The van der Waals surface area contributed by atoms with Crippen LogP contribution in [0.1, 0.15) is 5.56 Å². The number of carbonyl (C=O) groups excluding carboxylic acids is 1. The van der Waals surface area contributed by atoms with Crippen LogP contribution in [0.5, 0.6) is 23.0 Å². The molecule has 0 aliphatic carbocycles. The number of nitrogens with one attached hydrogen (secondary N) is 1. The summed E-state index contributed by atoms with van der Waals surface area (Å²) in [5.41, 5.74) is 2.65. The lowest BCUT2D eigenvalue weighted by Gasteiger charge is -2.24. The molecular formula is C17H15ClN2O5. The molecule has 1 amide bonds. The van der Waals surface area contributed by atoms with E-state index in [-0.39, 0.29) is 18.1 Å². The highest BCUT2D eigenvalue weighted by Crippen LogP contribution is 2.32. The molecule has 1 aliphatic heterocycles. The number of carbonyl (C=O) groups is 1. The van der Waals surface area contributed by atoms with Gasteiger partial charge in [-0.05, 0) is 18.2 Å². The van der Waals surface area contributed by atoms with Crippen molar-refractivity contribution >= 4 is 23.7 Å². The Bertz CT molecular complexity index is 825. The van der Waals surface area contributed by atoms with Crippen molar-refractivity contribution < 1.29 is 24.1 Å². The Labute approximate surface area is 148 Å². The van der Waals surface area contributed by atoms with E-state index in [1.165, 1.54) is 25.5 Å². The zero-order chi connectivity index (χ0) is 17.8. The zero-order valence-corrected chi connectivity index (χ0v) is 14.0. The van der Waals surface area contributed by atoms with Crippen molar-refractivity contribution in [2.75, 3.05) is 13.7 Å². The predicted molar refractivity (Wildman–Crippen MR) is 91.8 cm³/mol. The number of nitrogens with zero attached hydrogens (tertiary/aromatic N) is 1. The number of halogens is 1. The zero-order valence-electron chi connectivity index (χ0n) is 13.2. The minimum Gasteiger partial charge on any atom is -0.504 e. The third-order valence-corrected chi connectivity index (χ3v) is 3.69. The van der Waals surface area contributed by atoms with Gasteiger partial charge in [-0.25, -0.2) is 5.43 Å². The normalized spacial score (nSPS) is 15.8. The molecule has 2 N–H and O–H groups in total. The molecule has 2 aromatic rings. The Morgan fingerprint density at radius 1 is 1.40 bits per heavy atom. The van der Waals surface area contributed by atoms with E-state index in [1.54, 1.807) is 18.2 Å². The van der Waals surface area contributed by atoms with Gasteiger partial charge in [0.1, 0.15) is 6.61 Å². The van der Waals surface area contributed by atoms with E-state index in [1.807, 2.05) is 6.07 Å². The Morgan fingerprint density at radius 3 is 2.92 bits per heavy atom. The standard InChI is InChI=1S/C17H15ClN2O5/c1-23-14-7-11(18)6-10(16(14)21)8-19-20-17(22)15-9-24-12-4-2-3-5-13(12)25-15/h2-8,15,21H,9H2,1H3,(H,20,22). The minimum atomic E-state index is -0.824. The first-order valence-corrected chi connectivity index (χ1v) is 7.74. The summed E-state index contributed by atoms with van der Waals surface area (Å²) in [7, 11) is 1.41. The molecule has 0 bridgehead atoms. The summed E-state index contributed by atoms with van der Waals surface area (Å²) in [6.45, 7) is 0.0780. The van der Waals surface area contributed by atoms with Gasteiger partial charge in [-0.3, -0.25) is 4.79 Å². The topological polar surface area (TPSA) is 89.4 Å². The van der Waals surface area contributed by atoms with Gasteiger partial charge in [-0.2, -0.15) is 5.10 Å². The minimum absolute atomic E-state index is 0.0780. The molecule has 0 spiro atoms. The summed E-state index contributed by atoms with van der Waals surface area (Å²) >= 11 is 5.94. The second kappa shape index (κ2) is 7.31. The Morgan fingerprint density at radius 2 is 2.16 bits per heavy atom. The maximum Gasteiger partial charge on any atom is 0.284 e. The quantitative estimate of drug-likeness (QED) is 0.643. The van der Waals surface area contributed by atoms with Crippen LogP contribution in [0, 0.1) is 0 Å². The first kappa shape index (κ1) is 16.9. The van der Waals surface area contributed by atoms with Crippen LogP contribution < -0.4 is 19.6 Å². The van der Waals surface area contributed by atoms with E-state index in [0.717, 1.165) is 0 Å². The molecule has 8 heteroatoms. The smallest absolute Gasteiger partial charge is 0.284 e. The summed E-state index contributed by atoms with van der Waals surface area (Å²) in [5.74, 6) is 0.692. The highest BCUT2D eigenvalue weighted by atomic mass is 35.5. The third-order valence-electron chi connectivity index (χ3n) is 3.47. The highest BCUT2D eigenvalue weighted by molar-refractivity contribution is 6.31. The molecule has 0 saturated heterocycles. The molecule has 3 rings (SSSR count). The monoisotopic (exact) mass is 362 g/mol. The van der Waals surface area contributed by atoms with Gasteiger partial charge in [-0.15, -0.1) is 0 Å². The first-order valence-electron chi connectivity index (χ1n) is 7.36. The summed E-state index contributed by atoms with van der Waals surface area (Å²) in [4.78, 5) is 12.1. The fourth-order valence-electron chi connectivity index (χ4n) is 2.23. The SMILES string of the molecule is COc1cc(Cl)cc(C=NNC(=O)C2COc3ccccc3O2)c1O. The van der Waals surface area contributed by atoms with Gasteiger partial charge < -0.3 is 19.3 Å². The lowest BCUT2D eigenvalue weighted by Crippen LogP contribution is -2.42. The van der Waals surface area contributed by atoms with Gasteiger partial charge in [0.25, 0.3) is 5.91 Å². The van der Waals surface area contributed by atoms with E-state index < -0.39 is 12.0 Å². The second-order valence-corrected chi connectivity index (χ2v) is 5.58. The number of rotatable bonds is 4. The predicted octanol–water partition coefficient (Wildman–Crippen LogP) is 2.34. The molecule has 0 fully saturated rings.